The van der Waals surface area contributed by atoms with Crippen LogP contribution in [0.15, 0.2) is 42.5 Å². The fourth-order valence-electron chi connectivity index (χ4n) is 2.00. The van der Waals surface area contributed by atoms with E-state index in [2.05, 4.69) is 0 Å². The normalized spacial score (nSPS) is 10.0. The quantitative estimate of drug-likeness (QED) is 0.657. The summed E-state index contributed by atoms with van der Waals surface area (Å²) in [6, 6.07) is 10.4. The molecule has 7 heteroatoms. The standard InChI is InChI=1S/C18H16O7/c1-11(19)24-14-7-8-17(25-12(2)20)15(9-14)18(22)23-10-13-5-3-4-6-16(13)21/h3-9,21H,10H2,1-2H3. The van der Waals surface area contributed by atoms with Crippen LogP contribution in [-0.4, -0.2) is 23.0 Å². The highest BCUT2D eigenvalue weighted by Gasteiger charge is 2.18. The van der Waals surface area contributed by atoms with Gasteiger partial charge in [-0.1, -0.05) is 18.2 Å². The number of rotatable bonds is 5. The van der Waals surface area contributed by atoms with Crippen molar-refractivity contribution in [3.8, 4) is 17.2 Å². The SMILES string of the molecule is CC(=O)Oc1ccc(OC(C)=O)c(C(=O)OCc2ccccc2O)c1. The van der Waals surface area contributed by atoms with Gasteiger partial charge in [0, 0.05) is 19.4 Å². The van der Waals surface area contributed by atoms with Crippen molar-refractivity contribution >= 4 is 17.9 Å². The van der Waals surface area contributed by atoms with Crippen LogP contribution in [0.4, 0.5) is 0 Å². The number of esters is 3. The van der Waals surface area contributed by atoms with Crippen molar-refractivity contribution in [2.45, 2.75) is 20.5 Å². The van der Waals surface area contributed by atoms with E-state index in [1.54, 1.807) is 18.2 Å². The molecule has 0 fully saturated rings. The number of benzene rings is 2. The number of para-hydroxylation sites is 1. The van der Waals surface area contributed by atoms with Crippen molar-refractivity contribution in [2.24, 2.45) is 0 Å². The molecule has 0 aromatic heterocycles. The monoisotopic (exact) mass is 344 g/mol. The predicted octanol–water partition coefficient (Wildman–Crippen LogP) is 2.60. The predicted molar refractivity (Wildman–Crippen MR) is 86.3 cm³/mol. The van der Waals surface area contributed by atoms with Gasteiger partial charge in [0.2, 0.25) is 0 Å². The zero-order chi connectivity index (χ0) is 18.4. The fourth-order valence-corrected chi connectivity index (χ4v) is 2.00. The van der Waals surface area contributed by atoms with Gasteiger partial charge in [-0.2, -0.15) is 0 Å². The van der Waals surface area contributed by atoms with Gasteiger partial charge < -0.3 is 19.3 Å². The van der Waals surface area contributed by atoms with Crippen molar-refractivity contribution in [3.05, 3.63) is 53.6 Å². The van der Waals surface area contributed by atoms with E-state index >= 15 is 0 Å². The second kappa shape index (κ2) is 7.96. The molecule has 0 radical (unpaired) electrons. The third kappa shape index (κ3) is 5.07. The van der Waals surface area contributed by atoms with E-state index in [0.29, 0.717) is 5.56 Å². The first-order chi connectivity index (χ1) is 11.9. The van der Waals surface area contributed by atoms with Crippen LogP contribution in [0.1, 0.15) is 29.8 Å². The maximum absolute atomic E-state index is 12.3. The Labute approximate surface area is 143 Å². The van der Waals surface area contributed by atoms with Crippen LogP contribution < -0.4 is 9.47 Å². The Morgan fingerprint density at radius 1 is 0.960 bits per heavy atom. The largest absolute Gasteiger partial charge is 0.508 e. The van der Waals surface area contributed by atoms with Gasteiger partial charge in [0.05, 0.1) is 0 Å². The molecule has 0 aliphatic carbocycles. The molecule has 0 heterocycles. The lowest BCUT2D eigenvalue weighted by atomic mass is 10.2. The minimum Gasteiger partial charge on any atom is -0.508 e. The minimum absolute atomic E-state index is 0.0100. The molecule has 0 bridgehead atoms. The van der Waals surface area contributed by atoms with Gasteiger partial charge in [-0.15, -0.1) is 0 Å². The lowest BCUT2D eigenvalue weighted by Gasteiger charge is -2.11. The Hall–Kier alpha value is -3.35. The molecule has 2 aromatic carbocycles. The number of carbonyl (C=O) groups excluding carboxylic acids is 3. The summed E-state index contributed by atoms with van der Waals surface area (Å²) in [5.41, 5.74) is 0.338. The van der Waals surface area contributed by atoms with Crippen molar-refractivity contribution in [1.29, 1.82) is 0 Å². The first-order valence-corrected chi connectivity index (χ1v) is 7.31. The zero-order valence-electron chi connectivity index (χ0n) is 13.6. The molecule has 0 atom stereocenters. The summed E-state index contributed by atoms with van der Waals surface area (Å²) in [7, 11) is 0. The molecule has 7 nitrogen and oxygen atoms in total. The molecule has 0 aliphatic rings. The molecule has 0 aliphatic heterocycles. The minimum atomic E-state index is -0.798. The average Bonchev–Trinajstić information content (AvgIpc) is 2.54. The third-order valence-electron chi connectivity index (χ3n) is 3.04. The molecule has 2 aromatic rings. The third-order valence-corrected chi connectivity index (χ3v) is 3.04. The van der Waals surface area contributed by atoms with E-state index in [0.717, 1.165) is 0 Å². The molecule has 1 N–H and O–H groups in total. The lowest BCUT2D eigenvalue weighted by Crippen LogP contribution is -2.11. The molecule has 0 saturated carbocycles. The first-order valence-electron chi connectivity index (χ1n) is 7.31. The number of hydrogen-bond donors (Lipinski definition) is 1. The van der Waals surface area contributed by atoms with Crippen LogP contribution in [0.3, 0.4) is 0 Å². The lowest BCUT2D eigenvalue weighted by molar-refractivity contribution is -0.133. The molecular weight excluding hydrogens is 328 g/mol. The summed E-state index contributed by atoms with van der Waals surface area (Å²) in [5, 5.41) is 9.69. The topological polar surface area (TPSA) is 99.1 Å². The number of phenols is 1. The van der Waals surface area contributed by atoms with Gasteiger partial charge in [0.25, 0.3) is 0 Å². The Balaban J connectivity index is 2.23. The summed E-state index contributed by atoms with van der Waals surface area (Å²) >= 11 is 0. The van der Waals surface area contributed by atoms with Crippen molar-refractivity contribution in [1.82, 2.24) is 0 Å². The van der Waals surface area contributed by atoms with Gasteiger partial charge in [0.1, 0.15) is 29.4 Å². The van der Waals surface area contributed by atoms with Crippen molar-refractivity contribution < 1.29 is 33.7 Å². The van der Waals surface area contributed by atoms with E-state index in [1.807, 2.05) is 0 Å². The number of hydrogen-bond acceptors (Lipinski definition) is 7. The highest BCUT2D eigenvalue weighted by atomic mass is 16.6. The van der Waals surface area contributed by atoms with Crippen LogP contribution in [0.5, 0.6) is 17.2 Å². The molecule has 0 unspecified atom stereocenters. The van der Waals surface area contributed by atoms with Gasteiger partial charge >= 0.3 is 17.9 Å². The summed E-state index contributed by atoms with van der Waals surface area (Å²) in [6.45, 7) is 2.23. The van der Waals surface area contributed by atoms with E-state index in [-0.39, 0.29) is 29.4 Å². The van der Waals surface area contributed by atoms with Gasteiger partial charge in [-0.3, -0.25) is 9.59 Å². The Kier molecular flexibility index (Phi) is 5.73. The summed E-state index contributed by atoms with van der Waals surface area (Å²) < 4.78 is 15.0. The smallest absolute Gasteiger partial charge is 0.342 e. The van der Waals surface area contributed by atoms with Crippen molar-refractivity contribution in [2.75, 3.05) is 0 Å². The van der Waals surface area contributed by atoms with Crippen LogP contribution in [0.2, 0.25) is 0 Å². The van der Waals surface area contributed by atoms with Gasteiger partial charge in [0.15, 0.2) is 0 Å². The maximum atomic E-state index is 12.3. The van der Waals surface area contributed by atoms with E-state index in [4.69, 9.17) is 14.2 Å². The highest BCUT2D eigenvalue weighted by molar-refractivity contribution is 5.94. The van der Waals surface area contributed by atoms with Crippen LogP contribution >= 0.6 is 0 Å². The van der Waals surface area contributed by atoms with E-state index in [9.17, 15) is 19.5 Å². The molecule has 25 heavy (non-hydrogen) atoms. The Bertz CT molecular complexity index is 811. The van der Waals surface area contributed by atoms with Crippen molar-refractivity contribution in [3.63, 3.8) is 0 Å². The molecule has 2 rings (SSSR count). The first kappa shape index (κ1) is 18.0. The fraction of sp³-hybridized carbons (Fsp3) is 0.167. The van der Waals surface area contributed by atoms with Crippen LogP contribution in [-0.2, 0) is 20.9 Å². The highest BCUT2D eigenvalue weighted by Crippen LogP contribution is 2.26. The number of aromatic hydroxyl groups is 1. The van der Waals surface area contributed by atoms with Gasteiger partial charge in [-0.05, 0) is 24.3 Å². The summed E-state index contributed by atoms with van der Waals surface area (Å²) in [6.07, 6.45) is 0. The maximum Gasteiger partial charge on any atom is 0.342 e. The van der Waals surface area contributed by atoms with Crippen LogP contribution in [0.25, 0.3) is 0 Å². The molecule has 0 amide bonds. The number of carbonyl (C=O) groups is 3. The molecular formula is C18H16O7. The summed E-state index contributed by atoms with van der Waals surface area (Å²) in [4.78, 5) is 34.6. The van der Waals surface area contributed by atoms with Gasteiger partial charge in [-0.25, -0.2) is 4.79 Å². The Morgan fingerprint density at radius 3 is 2.28 bits per heavy atom. The second-order valence-electron chi connectivity index (χ2n) is 5.05. The Morgan fingerprint density at radius 2 is 1.64 bits per heavy atom. The zero-order valence-corrected chi connectivity index (χ0v) is 13.6. The molecule has 0 saturated heterocycles. The summed E-state index contributed by atoms with van der Waals surface area (Å²) in [5.74, 6) is -1.90. The number of phenolic OH excluding ortho intramolecular Hbond substituents is 1. The molecule has 130 valence electrons. The van der Waals surface area contributed by atoms with E-state index in [1.165, 1.54) is 38.1 Å². The van der Waals surface area contributed by atoms with Crippen LogP contribution in [0, 0.1) is 0 Å². The molecule has 0 spiro atoms. The average molecular weight is 344 g/mol. The van der Waals surface area contributed by atoms with E-state index < -0.39 is 17.9 Å². The number of ether oxygens (including phenoxy) is 3. The second-order valence-corrected chi connectivity index (χ2v) is 5.05.